The zero-order chi connectivity index (χ0) is 59.9. The van der Waals surface area contributed by atoms with E-state index in [1.807, 2.05) is 0 Å². The molecule has 83 heavy (non-hydrogen) atoms. The number of hydrogen-bond donors (Lipinski definition) is 0. The van der Waals surface area contributed by atoms with Gasteiger partial charge in [-0.25, -0.2) is 0 Å². The van der Waals surface area contributed by atoms with Crippen molar-refractivity contribution in [3.05, 3.63) is 109 Å². The van der Waals surface area contributed by atoms with Crippen molar-refractivity contribution in [2.24, 2.45) is 0 Å². The average Bonchev–Trinajstić information content (AvgIpc) is 3.49. The summed E-state index contributed by atoms with van der Waals surface area (Å²) in [5.74, 6) is -0.892. The average molecular weight is 1150 g/mol. The zero-order valence-corrected chi connectivity index (χ0v) is 54.7. The Hall–Kier alpha value is -3.93. The van der Waals surface area contributed by atoms with E-state index in [0.717, 1.165) is 116 Å². The Balaban J connectivity index is 4.42. The summed E-state index contributed by atoms with van der Waals surface area (Å²) in [5.41, 5.74) is 0. The molecule has 6 heteroatoms. The first-order chi connectivity index (χ1) is 41.0. The van der Waals surface area contributed by atoms with Crippen LogP contribution in [0.2, 0.25) is 0 Å². The second-order valence-electron chi connectivity index (χ2n) is 23.4. The summed E-state index contributed by atoms with van der Waals surface area (Å²) in [5, 5.41) is 0. The Labute approximate surface area is 514 Å². The van der Waals surface area contributed by atoms with Crippen molar-refractivity contribution < 1.29 is 28.6 Å². The van der Waals surface area contributed by atoms with Crippen molar-refractivity contribution in [3.8, 4) is 0 Å². The monoisotopic (exact) mass is 1150 g/mol. The van der Waals surface area contributed by atoms with Gasteiger partial charge in [0, 0.05) is 19.3 Å². The van der Waals surface area contributed by atoms with Gasteiger partial charge in [0.15, 0.2) is 6.10 Å². The highest BCUT2D eigenvalue weighted by atomic mass is 16.6. The van der Waals surface area contributed by atoms with Gasteiger partial charge in [0.05, 0.1) is 0 Å². The van der Waals surface area contributed by atoms with Crippen LogP contribution in [0.4, 0.5) is 0 Å². The first kappa shape index (κ1) is 79.1. The molecule has 0 amide bonds. The molecule has 0 heterocycles. The van der Waals surface area contributed by atoms with Gasteiger partial charge in [-0.2, -0.15) is 0 Å². The van der Waals surface area contributed by atoms with Crippen LogP contribution < -0.4 is 0 Å². The Kier molecular flexibility index (Phi) is 67.2. The number of unbranched alkanes of at least 4 members (excludes halogenated alkanes) is 35. The number of ether oxygens (including phenoxy) is 3. The topological polar surface area (TPSA) is 78.9 Å². The standard InChI is InChI=1S/C77H132O6/c1-4-7-10-13-16-19-22-25-28-31-34-37-38-41-43-46-49-52-55-58-61-64-67-70-76(79)82-73-74(83-77(80)71-68-65-62-59-56-53-50-47-44-40-36-33-30-27-24-21-18-15-12-9-6-3)72-81-75(78)69-66-63-60-57-54-51-48-45-42-39-35-32-29-26-23-20-17-14-11-8-5-2/h9,12,18,21-23,25-27,30-32,34-36,38,40-41,74H,4-8,10-11,13-17,19-20,24,28-29,33,37,39,42-73H2,1-3H3/b12-9-,21-18-,25-22-,26-23-,30-27-,34-31-,35-32-,40-36-,41-38-. The lowest BCUT2D eigenvalue weighted by Crippen LogP contribution is -2.30. The fraction of sp³-hybridized carbons (Fsp3) is 0.727. The Morgan fingerprint density at radius 2 is 0.470 bits per heavy atom. The Morgan fingerprint density at radius 1 is 0.253 bits per heavy atom. The van der Waals surface area contributed by atoms with Gasteiger partial charge in [-0.3, -0.25) is 14.4 Å². The van der Waals surface area contributed by atoms with Gasteiger partial charge in [-0.05, 0) is 128 Å². The summed E-state index contributed by atoms with van der Waals surface area (Å²) in [6.45, 7) is 6.53. The van der Waals surface area contributed by atoms with Crippen molar-refractivity contribution in [1.82, 2.24) is 0 Å². The van der Waals surface area contributed by atoms with Crippen LogP contribution in [0, 0.1) is 0 Å². The van der Waals surface area contributed by atoms with E-state index in [4.69, 9.17) is 14.2 Å². The SMILES string of the molecule is CC/C=C\C/C=C\C/C=C\C/C=C\CCCCCCCCCCC(=O)OC(COC(=O)CCCCCCCCCC/C=C\C/C=C\C/C=C\CCCCCCC)COC(=O)CCCCCCCCCCC/C=C\C/C=C\CCCCCCC. The number of carbonyl (C=O) groups is 3. The molecule has 0 aliphatic heterocycles. The van der Waals surface area contributed by atoms with E-state index in [0.29, 0.717) is 19.3 Å². The molecule has 6 nitrogen and oxygen atoms in total. The van der Waals surface area contributed by atoms with Gasteiger partial charge < -0.3 is 14.2 Å². The predicted molar refractivity (Wildman–Crippen MR) is 362 cm³/mol. The molecule has 476 valence electrons. The maximum atomic E-state index is 13.0. The fourth-order valence-electron chi connectivity index (χ4n) is 9.94. The summed E-state index contributed by atoms with van der Waals surface area (Å²) < 4.78 is 17.0. The minimum Gasteiger partial charge on any atom is -0.462 e. The van der Waals surface area contributed by atoms with E-state index in [1.54, 1.807) is 0 Å². The van der Waals surface area contributed by atoms with Crippen LogP contribution in [0.3, 0.4) is 0 Å². The lowest BCUT2D eigenvalue weighted by molar-refractivity contribution is -0.167. The van der Waals surface area contributed by atoms with E-state index in [1.165, 1.54) is 186 Å². The second kappa shape index (κ2) is 70.6. The van der Waals surface area contributed by atoms with E-state index in [2.05, 4.69) is 130 Å². The van der Waals surface area contributed by atoms with Crippen molar-refractivity contribution >= 4 is 17.9 Å². The molecule has 0 aromatic carbocycles. The number of esters is 3. The first-order valence-corrected chi connectivity index (χ1v) is 35.4. The molecule has 0 aliphatic carbocycles. The third-order valence-electron chi connectivity index (χ3n) is 15.2. The van der Waals surface area contributed by atoms with E-state index in [9.17, 15) is 14.4 Å². The third kappa shape index (κ3) is 68.7. The van der Waals surface area contributed by atoms with Crippen molar-refractivity contribution in [2.45, 2.75) is 348 Å². The normalized spacial score (nSPS) is 12.8. The molecule has 0 aromatic rings. The molecule has 1 atom stereocenters. The van der Waals surface area contributed by atoms with Crippen LogP contribution in [0.15, 0.2) is 109 Å². The van der Waals surface area contributed by atoms with Crippen LogP contribution in [0.5, 0.6) is 0 Å². The molecule has 0 bridgehead atoms. The van der Waals surface area contributed by atoms with Crippen LogP contribution in [-0.4, -0.2) is 37.2 Å². The van der Waals surface area contributed by atoms with Gasteiger partial charge in [0.2, 0.25) is 0 Å². The van der Waals surface area contributed by atoms with Crippen LogP contribution in [0.25, 0.3) is 0 Å². The Morgan fingerprint density at radius 3 is 0.735 bits per heavy atom. The summed E-state index contributed by atoms with van der Waals surface area (Å²) >= 11 is 0. The van der Waals surface area contributed by atoms with Crippen LogP contribution in [0.1, 0.15) is 342 Å². The smallest absolute Gasteiger partial charge is 0.306 e. The molecule has 0 saturated heterocycles. The molecule has 0 radical (unpaired) electrons. The van der Waals surface area contributed by atoms with Crippen LogP contribution >= 0.6 is 0 Å². The summed E-state index contributed by atoms with van der Waals surface area (Å²) in [6, 6.07) is 0. The molecule has 0 fully saturated rings. The molecule has 0 N–H and O–H groups in total. The highest BCUT2D eigenvalue weighted by Gasteiger charge is 2.19. The highest BCUT2D eigenvalue weighted by molar-refractivity contribution is 5.71. The molecule has 0 spiro atoms. The van der Waals surface area contributed by atoms with Gasteiger partial charge in [-0.1, -0.05) is 304 Å². The van der Waals surface area contributed by atoms with E-state index >= 15 is 0 Å². The third-order valence-corrected chi connectivity index (χ3v) is 15.2. The maximum absolute atomic E-state index is 13.0. The molecule has 0 rings (SSSR count). The molecule has 0 aliphatic rings. The second-order valence-corrected chi connectivity index (χ2v) is 23.4. The first-order valence-electron chi connectivity index (χ1n) is 35.4. The summed E-state index contributed by atoms with van der Waals surface area (Å²) in [4.78, 5) is 38.5. The number of carbonyl (C=O) groups excluding carboxylic acids is 3. The quantitative estimate of drug-likeness (QED) is 0.0261. The van der Waals surface area contributed by atoms with Crippen molar-refractivity contribution in [2.75, 3.05) is 13.2 Å². The van der Waals surface area contributed by atoms with E-state index < -0.39 is 6.10 Å². The molecular weight excluding hydrogens is 1020 g/mol. The van der Waals surface area contributed by atoms with Crippen molar-refractivity contribution in [3.63, 3.8) is 0 Å². The van der Waals surface area contributed by atoms with Gasteiger partial charge in [0.25, 0.3) is 0 Å². The number of allylic oxidation sites excluding steroid dienone is 18. The molecule has 1 unspecified atom stereocenters. The predicted octanol–water partition coefficient (Wildman–Crippen LogP) is 24.6. The minimum absolute atomic E-state index is 0.0860. The van der Waals surface area contributed by atoms with Gasteiger partial charge in [-0.15, -0.1) is 0 Å². The largest absolute Gasteiger partial charge is 0.462 e. The Bertz CT molecular complexity index is 1660. The molecular formula is C77H132O6. The fourth-order valence-corrected chi connectivity index (χ4v) is 9.94. The van der Waals surface area contributed by atoms with Gasteiger partial charge >= 0.3 is 17.9 Å². The minimum atomic E-state index is -0.792. The lowest BCUT2D eigenvalue weighted by atomic mass is 10.1. The van der Waals surface area contributed by atoms with Crippen LogP contribution in [-0.2, 0) is 28.6 Å². The van der Waals surface area contributed by atoms with E-state index in [-0.39, 0.29) is 31.1 Å². The molecule has 0 aromatic heterocycles. The van der Waals surface area contributed by atoms with Gasteiger partial charge in [0.1, 0.15) is 13.2 Å². The maximum Gasteiger partial charge on any atom is 0.306 e. The number of hydrogen-bond acceptors (Lipinski definition) is 6. The summed E-state index contributed by atoms with van der Waals surface area (Å²) in [7, 11) is 0. The highest BCUT2D eigenvalue weighted by Crippen LogP contribution is 2.16. The zero-order valence-electron chi connectivity index (χ0n) is 54.7. The lowest BCUT2D eigenvalue weighted by Gasteiger charge is -2.18. The number of rotatable bonds is 64. The van der Waals surface area contributed by atoms with Crippen molar-refractivity contribution in [1.29, 1.82) is 0 Å². The molecule has 0 saturated carbocycles. The summed E-state index contributed by atoms with van der Waals surface area (Å²) in [6.07, 6.45) is 96.7.